The first-order valence-electron chi connectivity index (χ1n) is 11.9. The number of nitrogens with zero attached hydrogens (tertiary/aromatic N) is 1. The number of aliphatic hydroxyl groups excluding tert-OH is 1. The largest absolute Gasteiger partial charge is 0.434 e. The molecule has 0 amide bonds. The van der Waals surface area contributed by atoms with Gasteiger partial charge in [-0.1, -0.05) is 41.9 Å². The monoisotopic (exact) mass is 546 g/mol. The molecule has 0 aliphatic heterocycles. The first kappa shape index (κ1) is 25.6. The standard InChI is InChI=1S/C27H25ClF2N2O4S/c28-22-14-24-23(13-21(22)20-3-1-2-4-25(20)36-27(29)30)31-26(32-24)19(11-12-33)17-7-9-18(10-8-17)37(34,35)15-16-5-6-16/h1-4,7-10,13-14,16,19,27,33H,5-6,11-12,15H2,(H,31,32)/t19-/m0/s1. The Morgan fingerprint density at radius 1 is 1.08 bits per heavy atom. The predicted molar refractivity (Wildman–Crippen MR) is 138 cm³/mol. The van der Waals surface area contributed by atoms with Crippen LogP contribution >= 0.6 is 11.6 Å². The van der Waals surface area contributed by atoms with E-state index in [-0.39, 0.29) is 34.8 Å². The molecule has 0 radical (unpaired) electrons. The normalized spacial score (nSPS) is 14.8. The van der Waals surface area contributed by atoms with Crippen molar-refractivity contribution in [2.75, 3.05) is 12.4 Å². The Labute approximate surface area is 218 Å². The number of para-hydroxylation sites is 1. The molecule has 10 heteroatoms. The Balaban J connectivity index is 1.49. The van der Waals surface area contributed by atoms with Crippen LogP contribution in [0.15, 0.2) is 65.6 Å². The minimum absolute atomic E-state index is 0.00407. The summed E-state index contributed by atoms with van der Waals surface area (Å²) in [6, 6.07) is 16.5. The maximum atomic E-state index is 12.9. The molecule has 0 saturated heterocycles. The number of rotatable bonds is 10. The van der Waals surface area contributed by atoms with Crippen molar-refractivity contribution < 1.29 is 27.0 Å². The molecule has 1 fully saturated rings. The summed E-state index contributed by atoms with van der Waals surface area (Å²) in [5.41, 5.74) is 2.91. The lowest BCUT2D eigenvalue weighted by Gasteiger charge is -2.14. The molecule has 0 bridgehead atoms. The molecule has 37 heavy (non-hydrogen) atoms. The Morgan fingerprint density at radius 3 is 2.49 bits per heavy atom. The summed E-state index contributed by atoms with van der Waals surface area (Å²) in [5, 5.41) is 10.1. The SMILES string of the molecule is O=S(=O)(CC1CC1)c1ccc([C@H](CCO)c2nc3cc(-c4ccccc4OC(F)F)c(Cl)cc3[nH]2)cc1. The van der Waals surface area contributed by atoms with Crippen molar-refractivity contribution in [3.05, 3.63) is 77.1 Å². The smallest absolute Gasteiger partial charge is 0.387 e. The van der Waals surface area contributed by atoms with E-state index in [4.69, 9.17) is 16.6 Å². The number of nitrogens with one attached hydrogen (secondary N) is 1. The summed E-state index contributed by atoms with van der Waals surface area (Å²) in [6.45, 7) is -3.08. The third-order valence-electron chi connectivity index (χ3n) is 6.52. The quantitative estimate of drug-likeness (QED) is 0.248. The molecule has 1 heterocycles. The van der Waals surface area contributed by atoms with Gasteiger partial charge in [-0.05, 0) is 61.1 Å². The number of benzene rings is 3. The van der Waals surface area contributed by atoms with Gasteiger partial charge in [0.05, 0.1) is 26.7 Å². The Morgan fingerprint density at radius 2 is 1.81 bits per heavy atom. The van der Waals surface area contributed by atoms with Crippen LogP contribution in [-0.2, 0) is 9.84 Å². The number of sulfone groups is 1. The number of aromatic amines is 1. The zero-order valence-electron chi connectivity index (χ0n) is 19.7. The van der Waals surface area contributed by atoms with Crippen LogP contribution in [0.25, 0.3) is 22.2 Å². The predicted octanol–water partition coefficient (Wildman–Crippen LogP) is 6.18. The molecule has 3 aromatic carbocycles. The van der Waals surface area contributed by atoms with Gasteiger partial charge in [0.1, 0.15) is 11.6 Å². The molecule has 0 spiro atoms. The number of alkyl halides is 2. The number of fused-ring (bicyclic) bond motifs is 1. The lowest BCUT2D eigenvalue weighted by molar-refractivity contribution is -0.0494. The molecule has 0 unspecified atom stereocenters. The van der Waals surface area contributed by atoms with Crippen molar-refractivity contribution >= 4 is 32.5 Å². The number of hydrogen-bond acceptors (Lipinski definition) is 5. The van der Waals surface area contributed by atoms with Crippen LogP contribution in [0.5, 0.6) is 5.75 Å². The van der Waals surface area contributed by atoms with Gasteiger partial charge in [-0.25, -0.2) is 13.4 Å². The molecule has 1 aromatic heterocycles. The van der Waals surface area contributed by atoms with E-state index < -0.39 is 16.4 Å². The highest BCUT2D eigenvalue weighted by atomic mass is 35.5. The van der Waals surface area contributed by atoms with Crippen LogP contribution in [-0.4, -0.2) is 42.5 Å². The average molecular weight is 547 g/mol. The topological polar surface area (TPSA) is 92.3 Å². The van der Waals surface area contributed by atoms with Crippen LogP contribution in [0, 0.1) is 5.92 Å². The molecule has 1 aliphatic carbocycles. The van der Waals surface area contributed by atoms with Crippen LogP contribution in [0.2, 0.25) is 5.02 Å². The number of halogens is 3. The van der Waals surface area contributed by atoms with E-state index in [2.05, 4.69) is 9.72 Å². The van der Waals surface area contributed by atoms with Gasteiger partial charge in [0.2, 0.25) is 0 Å². The number of aromatic nitrogens is 2. The number of ether oxygens (including phenoxy) is 1. The van der Waals surface area contributed by atoms with E-state index in [1.807, 2.05) is 0 Å². The van der Waals surface area contributed by atoms with Gasteiger partial charge < -0.3 is 14.8 Å². The minimum atomic E-state index is -3.33. The highest BCUT2D eigenvalue weighted by Crippen LogP contribution is 2.39. The highest BCUT2D eigenvalue weighted by Gasteiger charge is 2.29. The van der Waals surface area contributed by atoms with E-state index in [1.54, 1.807) is 54.6 Å². The lowest BCUT2D eigenvalue weighted by Crippen LogP contribution is -2.10. The summed E-state index contributed by atoms with van der Waals surface area (Å²) < 4.78 is 55.7. The molecule has 194 valence electrons. The number of hydrogen-bond donors (Lipinski definition) is 2. The average Bonchev–Trinajstić information content (AvgIpc) is 3.57. The van der Waals surface area contributed by atoms with Crippen molar-refractivity contribution in [2.24, 2.45) is 5.92 Å². The van der Waals surface area contributed by atoms with E-state index in [9.17, 15) is 22.3 Å². The second-order valence-corrected chi connectivity index (χ2v) is 11.6. The van der Waals surface area contributed by atoms with Gasteiger partial charge in [0, 0.05) is 23.7 Å². The molecule has 2 N–H and O–H groups in total. The fraction of sp³-hybridized carbons (Fsp3) is 0.296. The zero-order valence-corrected chi connectivity index (χ0v) is 21.3. The van der Waals surface area contributed by atoms with Crippen molar-refractivity contribution in [2.45, 2.75) is 36.7 Å². The maximum Gasteiger partial charge on any atom is 0.387 e. The van der Waals surface area contributed by atoms with E-state index >= 15 is 0 Å². The van der Waals surface area contributed by atoms with Gasteiger partial charge in [-0.15, -0.1) is 0 Å². The minimum Gasteiger partial charge on any atom is -0.434 e. The van der Waals surface area contributed by atoms with E-state index in [1.165, 1.54) is 6.07 Å². The van der Waals surface area contributed by atoms with Crippen LogP contribution < -0.4 is 4.74 Å². The molecule has 1 aliphatic rings. The first-order valence-corrected chi connectivity index (χ1v) is 13.9. The third-order valence-corrected chi connectivity index (χ3v) is 8.74. The number of imidazole rings is 1. The van der Waals surface area contributed by atoms with Crippen LogP contribution in [0.4, 0.5) is 8.78 Å². The second-order valence-electron chi connectivity index (χ2n) is 9.20. The summed E-state index contributed by atoms with van der Waals surface area (Å²) in [4.78, 5) is 8.25. The van der Waals surface area contributed by atoms with Crippen LogP contribution in [0.3, 0.4) is 0 Å². The Kier molecular flexibility index (Phi) is 7.20. The summed E-state index contributed by atoms with van der Waals surface area (Å²) >= 11 is 6.53. The number of aliphatic hydroxyl groups is 1. The zero-order chi connectivity index (χ0) is 26.2. The van der Waals surface area contributed by atoms with Crippen LogP contribution in [0.1, 0.15) is 36.6 Å². The fourth-order valence-electron chi connectivity index (χ4n) is 4.50. The second kappa shape index (κ2) is 10.4. The molecule has 5 rings (SSSR count). The van der Waals surface area contributed by atoms with Crippen molar-refractivity contribution in [3.8, 4) is 16.9 Å². The van der Waals surface area contributed by atoms with Crippen molar-refractivity contribution in [3.63, 3.8) is 0 Å². The van der Waals surface area contributed by atoms with E-state index in [0.717, 1.165) is 18.4 Å². The van der Waals surface area contributed by atoms with E-state index in [0.29, 0.717) is 39.4 Å². The highest BCUT2D eigenvalue weighted by molar-refractivity contribution is 7.91. The maximum absolute atomic E-state index is 12.9. The van der Waals surface area contributed by atoms with Gasteiger partial charge in [0.15, 0.2) is 9.84 Å². The molecular weight excluding hydrogens is 522 g/mol. The number of H-pyrrole nitrogens is 1. The van der Waals surface area contributed by atoms with Gasteiger partial charge >= 0.3 is 6.61 Å². The molecule has 1 atom stereocenters. The fourth-order valence-corrected chi connectivity index (χ4v) is 6.46. The lowest BCUT2D eigenvalue weighted by atomic mass is 9.95. The van der Waals surface area contributed by atoms with Gasteiger partial charge in [0.25, 0.3) is 0 Å². The molecule has 4 aromatic rings. The first-order chi connectivity index (χ1) is 17.7. The molecular formula is C27H25ClF2N2O4S. The van der Waals surface area contributed by atoms with Crippen molar-refractivity contribution in [1.82, 2.24) is 9.97 Å². The summed E-state index contributed by atoms with van der Waals surface area (Å²) in [5.74, 6) is 0.680. The Bertz CT molecular complexity index is 1520. The summed E-state index contributed by atoms with van der Waals surface area (Å²) in [6.07, 6.45) is 2.27. The third kappa shape index (κ3) is 5.63. The molecule has 6 nitrogen and oxygen atoms in total. The van der Waals surface area contributed by atoms with Gasteiger partial charge in [-0.2, -0.15) is 8.78 Å². The summed E-state index contributed by atoms with van der Waals surface area (Å²) in [7, 11) is -3.33. The Hall–Kier alpha value is -3.01. The van der Waals surface area contributed by atoms with Gasteiger partial charge in [-0.3, -0.25) is 0 Å². The molecule has 1 saturated carbocycles. The van der Waals surface area contributed by atoms with Crippen molar-refractivity contribution in [1.29, 1.82) is 0 Å².